The van der Waals surface area contributed by atoms with Crippen LogP contribution in [-0.2, 0) is 6.18 Å². The van der Waals surface area contributed by atoms with E-state index in [0.717, 1.165) is 16.8 Å². The van der Waals surface area contributed by atoms with Crippen LogP contribution in [0.5, 0.6) is 0 Å². The number of carbonyl (C=O) groups is 1. The summed E-state index contributed by atoms with van der Waals surface area (Å²) in [6.07, 6.45) is -2.19. The first kappa shape index (κ1) is 18.9. The number of benzene rings is 2. The Morgan fingerprint density at radius 3 is 2.68 bits per heavy atom. The molecule has 3 aromatic rings. The summed E-state index contributed by atoms with van der Waals surface area (Å²) in [5.41, 5.74) is 8.68. The molecule has 8 nitrogen and oxygen atoms in total. The fourth-order valence-corrected chi connectivity index (χ4v) is 2.43. The van der Waals surface area contributed by atoms with Gasteiger partial charge < -0.3 is 5.32 Å². The van der Waals surface area contributed by atoms with Gasteiger partial charge in [-0.05, 0) is 48.4 Å². The van der Waals surface area contributed by atoms with E-state index in [1.807, 2.05) is 0 Å². The quantitative estimate of drug-likeness (QED) is 0.395. The molecule has 0 aliphatic carbocycles. The first-order chi connectivity index (χ1) is 13.3. The Morgan fingerprint density at radius 1 is 1.25 bits per heavy atom. The molecule has 1 heterocycles. The fraction of sp³-hybridized carbons (Fsp3) is 0.118. The number of alkyl halides is 3. The Kier molecular flexibility index (Phi) is 5.01. The monoisotopic (exact) mass is 387 g/mol. The highest BCUT2D eigenvalue weighted by atomic mass is 19.4. The standard InChI is InChI=1S/C17H12F3N7O/c1-10-2-3-11(4-15(10)25-26-21)16(28)24-13-5-12(17(18,19)20)6-14(7-13)27-9-22-8-23-27/h2-9H,1H3,(H,24,28). The summed E-state index contributed by atoms with van der Waals surface area (Å²) < 4.78 is 40.8. The number of amides is 1. The van der Waals surface area contributed by atoms with Crippen molar-refractivity contribution < 1.29 is 18.0 Å². The first-order valence-electron chi connectivity index (χ1n) is 7.82. The Labute approximate surface area is 156 Å². The molecule has 11 heteroatoms. The van der Waals surface area contributed by atoms with Crippen molar-refractivity contribution in [1.82, 2.24) is 14.8 Å². The van der Waals surface area contributed by atoms with Crippen LogP contribution in [0.2, 0.25) is 0 Å². The zero-order valence-corrected chi connectivity index (χ0v) is 14.3. The van der Waals surface area contributed by atoms with Crippen molar-refractivity contribution in [3.63, 3.8) is 0 Å². The van der Waals surface area contributed by atoms with E-state index in [2.05, 4.69) is 25.4 Å². The van der Waals surface area contributed by atoms with Gasteiger partial charge in [-0.3, -0.25) is 4.79 Å². The van der Waals surface area contributed by atoms with Crippen molar-refractivity contribution in [2.24, 2.45) is 5.11 Å². The summed E-state index contributed by atoms with van der Waals surface area (Å²) in [7, 11) is 0. The van der Waals surface area contributed by atoms with Gasteiger partial charge in [0.25, 0.3) is 5.91 Å². The Morgan fingerprint density at radius 2 is 2.04 bits per heavy atom. The molecule has 2 aromatic carbocycles. The van der Waals surface area contributed by atoms with Gasteiger partial charge in [-0.1, -0.05) is 11.2 Å². The zero-order chi connectivity index (χ0) is 20.3. The van der Waals surface area contributed by atoms with Crippen molar-refractivity contribution in [2.45, 2.75) is 13.1 Å². The highest BCUT2D eigenvalue weighted by molar-refractivity contribution is 6.05. The van der Waals surface area contributed by atoms with E-state index < -0.39 is 17.6 Å². The van der Waals surface area contributed by atoms with E-state index in [1.165, 1.54) is 30.9 Å². The van der Waals surface area contributed by atoms with Gasteiger partial charge in [0, 0.05) is 21.8 Å². The van der Waals surface area contributed by atoms with E-state index in [-0.39, 0.29) is 22.6 Å². The number of halogens is 3. The minimum absolute atomic E-state index is 0.0729. The molecule has 0 aliphatic rings. The van der Waals surface area contributed by atoms with Crippen LogP contribution in [-0.4, -0.2) is 20.7 Å². The lowest BCUT2D eigenvalue weighted by Gasteiger charge is -2.13. The Bertz CT molecular complexity index is 1070. The van der Waals surface area contributed by atoms with Crippen LogP contribution in [0.25, 0.3) is 16.1 Å². The third-order valence-corrected chi connectivity index (χ3v) is 3.81. The van der Waals surface area contributed by atoms with E-state index in [1.54, 1.807) is 13.0 Å². The van der Waals surface area contributed by atoms with Gasteiger partial charge >= 0.3 is 6.18 Å². The predicted molar refractivity (Wildman–Crippen MR) is 94.3 cm³/mol. The molecule has 28 heavy (non-hydrogen) atoms. The smallest absolute Gasteiger partial charge is 0.322 e. The summed E-state index contributed by atoms with van der Waals surface area (Å²) in [6.45, 7) is 1.70. The van der Waals surface area contributed by atoms with Crippen LogP contribution in [0.1, 0.15) is 21.5 Å². The summed E-state index contributed by atoms with van der Waals surface area (Å²) in [5.74, 6) is -0.654. The lowest BCUT2D eigenvalue weighted by molar-refractivity contribution is -0.137. The second-order valence-corrected chi connectivity index (χ2v) is 5.75. The highest BCUT2D eigenvalue weighted by Gasteiger charge is 2.31. The SMILES string of the molecule is Cc1ccc(C(=O)Nc2cc(-n3cncn3)cc(C(F)(F)F)c2)cc1N=[N+]=[N-]. The number of hydrogen-bond acceptors (Lipinski definition) is 4. The molecule has 1 N–H and O–H groups in total. The first-order valence-corrected chi connectivity index (χ1v) is 7.82. The number of nitrogens with zero attached hydrogens (tertiary/aromatic N) is 6. The highest BCUT2D eigenvalue weighted by Crippen LogP contribution is 2.33. The van der Waals surface area contributed by atoms with Crippen LogP contribution in [0.4, 0.5) is 24.5 Å². The Hall–Kier alpha value is -3.85. The topological polar surface area (TPSA) is 109 Å². The number of carbonyl (C=O) groups excluding carboxylic acids is 1. The van der Waals surface area contributed by atoms with E-state index in [4.69, 9.17) is 5.53 Å². The molecule has 0 atom stereocenters. The number of hydrogen-bond donors (Lipinski definition) is 1. The lowest BCUT2D eigenvalue weighted by atomic mass is 10.1. The minimum Gasteiger partial charge on any atom is -0.322 e. The average Bonchev–Trinajstić information content (AvgIpc) is 3.17. The summed E-state index contributed by atoms with van der Waals surface area (Å²) >= 11 is 0. The van der Waals surface area contributed by atoms with Crippen LogP contribution in [0.15, 0.2) is 54.2 Å². The molecule has 142 valence electrons. The maximum Gasteiger partial charge on any atom is 0.416 e. The molecule has 0 radical (unpaired) electrons. The zero-order valence-electron chi connectivity index (χ0n) is 14.3. The number of aryl methyl sites for hydroxylation is 1. The molecule has 0 spiro atoms. The molecular formula is C17H12F3N7O. The van der Waals surface area contributed by atoms with Gasteiger partial charge in [0.15, 0.2) is 0 Å². The number of nitrogens with one attached hydrogen (secondary N) is 1. The molecular weight excluding hydrogens is 375 g/mol. The molecule has 1 aromatic heterocycles. The van der Waals surface area contributed by atoms with Gasteiger partial charge in [-0.25, -0.2) is 9.67 Å². The molecule has 3 rings (SSSR count). The lowest BCUT2D eigenvalue weighted by Crippen LogP contribution is -2.14. The fourth-order valence-electron chi connectivity index (χ4n) is 2.43. The maximum atomic E-state index is 13.2. The summed E-state index contributed by atoms with van der Waals surface area (Å²) in [4.78, 5) is 18.9. The van der Waals surface area contributed by atoms with Gasteiger partial charge in [-0.2, -0.15) is 18.3 Å². The third-order valence-electron chi connectivity index (χ3n) is 3.81. The second-order valence-electron chi connectivity index (χ2n) is 5.75. The molecule has 0 bridgehead atoms. The largest absolute Gasteiger partial charge is 0.416 e. The molecule has 0 unspecified atom stereocenters. The van der Waals surface area contributed by atoms with Crippen molar-refractivity contribution >= 4 is 17.3 Å². The number of anilines is 1. The van der Waals surface area contributed by atoms with Crippen LogP contribution < -0.4 is 5.32 Å². The average molecular weight is 387 g/mol. The summed E-state index contributed by atoms with van der Waals surface area (Å²) in [6, 6.07) is 7.47. The normalized spacial score (nSPS) is 11.0. The number of aromatic nitrogens is 3. The van der Waals surface area contributed by atoms with Crippen molar-refractivity contribution in [1.29, 1.82) is 0 Å². The Balaban J connectivity index is 1.97. The number of rotatable bonds is 4. The predicted octanol–water partition coefficient (Wildman–Crippen LogP) is 4.79. The van der Waals surface area contributed by atoms with E-state index in [9.17, 15) is 18.0 Å². The van der Waals surface area contributed by atoms with E-state index >= 15 is 0 Å². The molecule has 0 saturated heterocycles. The number of azide groups is 1. The van der Waals surface area contributed by atoms with Crippen LogP contribution >= 0.6 is 0 Å². The minimum atomic E-state index is -4.62. The molecule has 0 saturated carbocycles. The maximum absolute atomic E-state index is 13.2. The van der Waals surface area contributed by atoms with Crippen molar-refractivity contribution in [3.8, 4) is 5.69 Å². The summed E-state index contributed by atoms with van der Waals surface area (Å²) in [5, 5.41) is 9.72. The molecule has 0 aliphatic heterocycles. The second kappa shape index (κ2) is 7.41. The van der Waals surface area contributed by atoms with Gasteiger partial charge in [0.05, 0.1) is 11.3 Å². The van der Waals surface area contributed by atoms with Gasteiger partial charge in [0.1, 0.15) is 12.7 Å². The van der Waals surface area contributed by atoms with Crippen LogP contribution in [0, 0.1) is 6.92 Å². The molecule has 1 amide bonds. The van der Waals surface area contributed by atoms with Gasteiger partial charge in [-0.15, -0.1) is 0 Å². The molecule has 0 fully saturated rings. The third kappa shape index (κ3) is 4.10. The van der Waals surface area contributed by atoms with Crippen LogP contribution in [0.3, 0.4) is 0 Å². The van der Waals surface area contributed by atoms with Crippen molar-refractivity contribution in [3.05, 3.63) is 76.2 Å². The van der Waals surface area contributed by atoms with Gasteiger partial charge in [0.2, 0.25) is 0 Å². The van der Waals surface area contributed by atoms with Crippen molar-refractivity contribution in [2.75, 3.05) is 5.32 Å². The van der Waals surface area contributed by atoms with E-state index in [0.29, 0.717) is 5.56 Å².